The van der Waals surface area contributed by atoms with Crippen molar-refractivity contribution in [3.05, 3.63) is 29.8 Å². The fourth-order valence-corrected chi connectivity index (χ4v) is 4.58. The smallest absolute Gasteiger partial charge is 0.238 e. The number of aliphatic imine (C=N–C) groups is 1. The number of hydrogen-bond acceptors (Lipinski definition) is 3. The van der Waals surface area contributed by atoms with Crippen LogP contribution in [0.5, 0.6) is 0 Å². The predicted molar refractivity (Wildman–Crippen MR) is 99.7 cm³/mol. The fourth-order valence-electron chi connectivity index (χ4n) is 3.99. The van der Waals surface area contributed by atoms with Gasteiger partial charge < -0.3 is 10.2 Å². The Morgan fingerprint density at radius 3 is 2.56 bits per heavy atom. The molecule has 0 aromatic heterocycles. The van der Waals surface area contributed by atoms with Gasteiger partial charge in [0, 0.05) is 19.6 Å². The van der Waals surface area contributed by atoms with Crippen LogP contribution in [0, 0.1) is 11.8 Å². The lowest BCUT2D eigenvalue weighted by Crippen LogP contribution is -2.40. The zero-order valence-electron chi connectivity index (χ0n) is 14.8. The number of primary sulfonamides is 1. The molecule has 0 amide bonds. The number of nitrogens with one attached hydrogen (secondary N) is 1. The van der Waals surface area contributed by atoms with Gasteiger partial charge in [0.15, 0.2) is 5.96 Å². The summed E-state index contributed by atoms with van der Waals surface area (Å²) in [5.74, 6) is 2.52. The molecule has 1 saturated heterocycles. The maximum absolute atomic E-state index is 11.5. The largest absolute Gasteiger partial charge is 0.357 e. The summed E-state index contributed by atoms with van der Waals surface area (Å²) >= 11 is 0. The number of hydrogen-bond donors (Lipinski definition) is 2. The third-order valence-corrected chi connectivity index (χ3v) is 6.16. The van der Waals surface area contributed by atoms with Crippen LogP contribution in [0.3, 0.4) is 0 Å². The second kappa shape index (κ2) is 7.74. The summed E-state index contributed by atoms with van der Waals surface area (Å²) < 4.78 is 23.0. The highest BCUT2D eigenvalue weighted by molar-refractivity contribution is 7.89. The molecule has 138 valence electrons. The van der Waals surface area contributed by atoms with Gasteiger partial charge >= 0.3 is 0 Å². The Kier molecular flexibility index (Phi) is 5.64. The van der Waals surface area contributed by atoms with Gasteiger partial charge in [0.25, 0.3) is 0 Å². The molecule has 1 aromatic rings. The summed E-state index contributed by atoms with van der Waals surface area (Å²) in [5.41, 5.74) is 0.846. The molecule has 6 nitrogen and oxygen atoms in total. The summed E-state index contributed by atoms with van der Waals surface area (Å²) in [5, 5.41) is 8.59. The number of rotatable bonds is 4. The average Bonchev–Trinajstić information content (AvgIpc) is 3.02. The molecule has 0 radical (unpaired) electrons. The summed E-state index contributed by atoms with van der Waals surface area (Å²) in [6, 6.07) is 6.71. The minimum absolute atomic E-state index is 0.136. The highest BCUT2D eigenvalue weighted by Gasteiger charge is 2.35. The van der Waals surface area contributed by atoms with Crippen LogP contribution in [0.25, 0.3) is 0 Å². The second-order valence-electron chi connectivity index (χ2n) is 7.07. The molecule has 3 rings (SSSR count). The first kappa shape index (κ1) is 18.2. The van der Waals surface area contributed by atoms with Crippen molar-refractivity contribution in [2.24, 2.45) is 22.0 Å². The van der Waals surface area contributed by atoms with Gasteiger partial charge in [0.05, 0.1) is 11.4 Å². The van der Waals surface area contributed by atoms with Crippen molar-refractivity contribution in [1.82, 2.24) is 10.2 Å². The molecule has 1 aliphatic carbocycles. The van der Waals surface area contributed by atoms with Gasteiger partial charge in [0.2, 0.25) is 10.0 Å². The first-order valence-corrected chi connectivity index (χ1v) is 10.7. The highest BCUT2D eigenvalue weighted by atomic mass is 32.2. The second-order valence-corrected chi connectivity index (χ2v) is 8.63. The summed E-state index contributed by atoms with van der Waals surface area (Å²) in [6.07, 6.45) is 5.36. The molecule has 2 unspecified atom stereocenters. The van der Waals surface area contributed by atoms with E-state index in [1.54, 1.807) is 12.1 Å². The molecule has 0 spiro atoms. The maximum Gasteiger partial charge on any atom is 0.238 e. The summed E-state index contributed by atoms with van der Waals surface area (Å²) in [6.45, 7) is 5.49. The number of likely N-dealkylation sites (tertiary alicyclic amines) is 1. The molecule has 1 heterocycles. The third kappa shape index (κ3) is 4.52. The molecule has 0 bridgehead atoms. The molecule has 1 aliphatic heterocycles. The van der Waals surface area contributed by atoms with E-state index >= 15 is 0 Å². The number of nitrogens with zero attached hydrogens (tertiary/aromatic N) is 2. The van der Waals surface area contributed by atoms with E-state index in [4.69, 9.17) is 10.1 Å². The Labute approximate surface area is 150 Å². The van der Waals surface area contributed by atoms with Gasteiger partial charge in [-0.05, 0) is 49.3 Å². The van der Waals surface area contributed by atoms with Crippen LogP contribution in [0.2, 0.25) is 0 Å². The number of nitrogens with two attached hydrogens (primary N) is 1. The Bertz CT molecular complexity index is 718. The Balaban J connectivity index is 1.73. The van der Waals surface area contributed by atoms with Crippen molar-refractivity contribution in [2.75, 3.05) is 19.6 Å². The van der Waals surface area contributed by atoms with Gasteiger partial charge in [-0.2, -0.15) is 0 Å². The van der Waals surface area contributed by atoms with E-state index in [-0.39, 0.29) is 4.90 Å². The Morgan fingerprint density at radius 1 is 1.28 bits per heavy atom. The molecule has 2 atom stereocenters. The first-order valence-electron chi connectivity index (χ1n) is 9.12. The van der Waals surface area contributed by atoms with Gasteiger partial charge in [-0.15, -0.1) is 0 Å². The molecule has 1 saturated carbocycles. The zero-order valence-corrected chi connectivity index (χ0v) is 15.6. The van der Waals surface area contributed by atoms with Crippen molar-refractivity contribution in [1.29, 1.82) is 0 Å². The van der Waals surface area contributed by atoms with Gasteiger partial charge in [0.1, 0.15) is 0 Å². The number of benzene rings is 1. The minimum atomic E-state index is -3.68. The monoisotopic (exact) mass is 364 g/mol. The SMILES string of the molecule is CCNC(=NCc1cccc(S(N)(=O)=O)c1)N1CC2CCCCC2C1. The molecule has 3 N–H and O–H groups in total. The van der Waals surface area contributed by atoms with E-state index in [0.717, 1.165) is 43.0 Å². The van der Waals surface area contributed by atoms with Crippen molar-refractivity contribution in [3.8, 4) is 0 Å². The van der Waals surface area contributed by atoms with Crippen molar-refractivity contribution < 1.29 is 8.42 Å². The Morgan fingerprint density at radius 2 is 1.96 bits per heavy atom. The van der Waals surface area contributed by atoms with E-state index in [0.29, 0.717) is 6.54 Å². The van der Waals surface area contributed by atoms with Gasteiger partial charge in [-0.25, -0.2) is 18.5 Å². The molecule has 7 heteroatoms. The van der Waals surface area contributed by atoms with Crippen LogP contribution in [-0.4, -0.2) is 38.9 Å². The highest BCUT2D eigenvalue weighted by Crippen LogP contribution is 2.36. The number of fused-ring (bicyclic) bond motifs is 1. The van der Waals surface area contributed by atoms with E-state index in [2.05, 4.69) is 17.1 Å². The van der Waals surface area contributed by atoms with E-state index < -0.39 is 10.0 Å². The number of guanidine groups is 1. The predicted octanol–water partition coefficient (Wildman–Crippen LogP) is 1.92. The molecular weight excluding hydrogens is 336 g/mol. The van der Waals surface area contributed by atoms with E-state index in [9.17, 15) is 8.42 Å². The van der Waals surface area contributed by atoms with Gasteiger partial charge in [-0.1, -0.05) is 25.0 Å². The zero-order chi connectivity index (χ0) is 17.9. The fraction of sp³-hybridized carbons (Fsp3) is 0.611. The van der Waals surface area contributed by atoms with Crippen LogP contribution in [-0.2, 0) is 16.6 Å². The first-order chi connectivity index (χ1) is 12.0. The standard InChI is InChI=1S/C18H28N4O2S/c1-2-20-18(22-12-15-7-3-4-8-16(15)13-22)21-11-14-6-5-9-17(10-14)25(19,23)24/h5-6,9-10,15-16H,2-4,7-8,11-13H2,1H3,(H,20,21)(H2,19,23,24). The summed E-state index contributed by atoms with van der Waals surface area (Å²) in [7, 11) is -3.68. The van der Waals surface area contributed by atoms with E-state index in [1.165, 1.54) is 31.7 Å². The van der Waals surface area contributed by atoms with Crippen LogP contribution in [0.15, 0.2) is 34.2 Å². The minimum Gasteiger partial charge on any atom is -0.357 e. The lowest BCUT2D eigenvalue weighted by atomic mass is 9.82. The van der Waals surface area contributed by atoms with Gasteiger partial charge in [-0.3, -0.25) is 0 Å². The maximum atomic E-state index is 11.5. The quantitative estimate of drug-likeness (QED) is 0.631. The molecular formula is C18H28N4O2S. The van der Waals surface area contributed by atoms with E-state index in [1.807, 2.05) is 6.07 Å². The summed E-state index contributed by atoms with van der Waals surface area (Å²) in [4.78, 5) is 7.25. The molecule has 2 aliphatic rings. The van der Waals surface area contributed by atoms with Crippen LogP contribution in [0.1, 0.15) is 38.2 Å². The number of sulfonamides is 1. The van der Waals surface area contributed by atoms with Crippen molar-refractivity contribution in [3.63, 3.8) is 0 Å². The van der Waals surface area contributed by atoms with Crippen molar-refractivity contribution >= 4 is 16.0 Å². The average molecular weight is 365 g/mol. The lowest BCUT2D eigenvalue weighted by molar-refractivity contribution is 0.299. The normalized spacial score (nSPS) is 24.2. The van der Waals surface area contributed by atoms with Crippen LogP contribution in [0.4, 0.5) is 0 Å². The third-order valence-electron chi connectivity index (χ3n) is 5.25. The molecule has 2 fully saturated rings. The molecule has 25 heavy (non-hydrogen) atoms. The van der Waals surface area contributed by atoms with Crippen LogP contribution < -0.4 is 10.5 Å². The topological polar surface area (TPSA) is 87.8 Å². The van der Waals surface area contributed by atoms with Crippen LogP contribution >= 0.6 is 0 Å². The Hall–Kier alpha value is -1.60. The molecule has 1 aromatic carbocycles. The van der Waals surface area contributed by atoms with Crippen molar-refractivity contribution in [2.45, 2.75) is 44.0 Å². The lowest BCUT2D eigenvalue weighted by Gasteiger charge is -2.22.